The Balaban J connectivity index is 1.67. The standard InChI is InChI=1S/C26H42N2/c1-21(2,3)19-20(22(4,5)6)25(19,23(7,8)9)26(27-28-26)24-13-16-10-17(14-24)12-18(11-16)15-24/h16-18H,10-15H2,1-9H3. The molecule has 6 rings (SSSR count). The Hall–Kier alpha value is -0.660. The van der Waals surface area contributed by atoms with Gasteiger partial charge in [0.25, 0.3) is 0 Å². The molecule has 6 aliphatic rings. The zero-order valence-electron chi connectivity index (χ0n) is 19.9. The van der Waals surface area contributed by atoms with Gasteiger partial charge in [-0.2, -0.15) is 10.2 Å². The van der Waals surface area contributed by atoms with Crippen molar-refractivity contribution in [1.82, 2.24) is 0 Å². The lowest BCUT2D eigenvalue weighted by atomic mass is 9.42. The predicted octanol–water partition coefficient (Wildman–Crippen LogP) is 7.80. The highest BCUT2D eigenvalue weighted by Crippen LogP contribution is 2.85. The van der Waals surface area contributed by atoms with Crippen molar-refractivity contribution in [2.45, 2.75) is 107 Å². The van der Waals surface area contributed by atoms with Crippen LogP contribution in [0.25, 0.3) is 0 Å². The second-order valence-corrected chi connectivity index (χ2v) is 14.3. The molecule has 28 heavy (non-hydrogen) atoms. The Morgan fingerprint density at radius 3 is 1.25 bits per heavy atom. The Kier molecular flexibility index (Phi) is 3.43. The molecule has 156 valence electrons. The summed E-state index contributed by atoms with van der Waals surface area (Å²) in [7, 11) is 0. The van der Waals surface area contributed by atoms with Gasteiger partial charge in [-0.05, 0) is 83.7 Å². The van der Waals surface area contributed by atoms with E-state index in [1.165, 1.54) is 38.5 Å². The summed E-state index contributed by atoms with van der Waals surface area (Å²) in [5, 5.41) is 10.3. The molecule has 1 heterocycles. The van der Waals surface area contributed by atoms with Gasteiger partial charge in [0.05, 0.1) is 5.41 Å². The van der Waals surface area contributed by atoms with Crippen molar-refractivity contribution in [3.05, 3.63) is 11.1 Å². The van der Waals surface area contributed by atoms with Gasteiger partial charge in [-0.25, -0.2) is 0 Å². The first-order chi connectivity index (χ1) is 12.7. The summed E-state index contributed by atoms with van der Waals surface area (Å²) < 4.78 is 0. The molecule has 0 unspecified atom stereocenters. The van der Waals surface area contributed by atoms with Crippen molar-refractivity contribution < 1.29 is 0 Å². The summed E-state index contributed by atoms with van der Waals surface area (Å²) in [5.74, 6) is 2.84. The number of hydrogen-bond acceptors (Lipinski definition) is 2. The maximum Gasteiger partial charge on any atom is 0.209 e. The fourth-order valence-corrected chi connectivity index (χ4v) is 9.13. The fraction of sp³-hybridized carbons (Fsp3) is 0.923. The highest BCUT2D eigenvalue weighted by Gasteiger charge is 2.84. The quantitative estimate of drug-likeness (QED) is 0.435. The molecule has 2 nitrogen and oxygen atoms in total. The molecule has 2 heteroatoms. The van der Waals surface area contributed by atoms with E-state index in [1.807, 2.05) is 0 Å². The zero-order chi connectivity index (χ0) is 20.5. The number of nitrogens with zero attached hydrogens (tertiary/aromatic N) is 2. The second-order valence-electron chi connectivity index (χ2n) is 14.3. The maximum atomic E-state index is 5.14. The molecule has 0 aromatic rings. The van der Waals surface area contributed by atoms with Crippen LogP contribution in [0.1, 0.15) is 101 Å². The molecular weight excluding hydrogens is 340 g/mol. The minimum atomic E-state index is -0.167. The van der Waals surface area contributed by atoms with Crippen LogP contribution in [0.15, 0.2) is 21.4 Å². The molecule has 0 saturated heterocycles. The lowest BCUT2D eigenvalue weighted by Crippen LogP contribution is -2.60. The zero-order valence-corrected chi connectivity index (χ0v) is 19.9. The lowest BCUT2D eigenvalue weighted by Gasteiger charge is -2.61. The van der Waals surface area contributed by atoms with Gasteiger partial charge in [0, 0.05) is 5.41 Å². The Morgan fingerprint density at radius 1 is 0.643 bits per heavy atom. The van der Waals surface area contributed by atoms with Crippen LogP contribution >= 0.6 is 0 Å². The fourth-order valence-electron chi connectivity index (χ4n) is 9.13. The average molecular weight is 383 g/mol. The van der Waals surface area contributed by atoms with E-state index in [4.69, 9.17) is 10.2 Å². The topological polar surface area (TPSA) is 24.7 Å². The van der Waals surface area contributed by atoms with Crippen molar-refractivity contribution in [3.8, 4) is 0 Å². The van der Waals surface area contributed by atoms with Crippen molar-refractivity contribution in [3.63, 3.8) is 0 Å². The SMILES string of the molecule is CC(C)(C)C1=C(C(C)(C)C)C1(C(C)(C)C)C1(C23CC4CC(CC(C4)C2)C3)N=N1. The monoisotopic (exact) mass is 382 g/mol. The summed E-state index contributed by atoms with van der Waals surface area (Å²) in [4.78, 5) is 0. The highest BCUT2D eigenvalue weighted by molar-refractivity contribution is 5.63. The normalized spacial score (nSPS) is 40.2. The van der Waals surface area contributed by atoms with Gasteiger partial charge >= 0.3 is 0 Å². The van der Waals surface area contributed by atoms with Crippen molar-refractivity contribution >= 4 is 0 Å². The molecule has 1 aliphatic heterocycles. The van der Waals surface area contributed by atoms with Gasteiger partial charge in [-0.15, -0.1) is 0 Å². The van der Waals surface area contributed by atoms with Crippen LogP contribution in [0.3, 0.4) is 0 Å². The summed E-state index contributed by atoms with van der Waals surface area (Å²) in [6.45, 7) is 22.0. The Bertz CT molecular complexity index is 709. The average Bonchev–Trinajstić information content (AvgIpc) is 3.35. The van der Waals surface area contributed by atoms with E-state index >= 15 is 0 Å². The van der Waals surface area contributed by atoms with E-state index in [0.717, 1.165) is 17.8 Å². The van der Waals surface area contributed by atoms with Crippen LogP contribution in [0.2, 0.25) is 0 Å². The summed E-state index contributed by atoms with van der Waals surface area (Å²) in [6, 6.07) is 0. The first-order valence-corrected chi connectivity index (χ1v) is 11.9. The molecule has 4 bridgehead atoms. The molecule has 0 atom stereocenters. The van der Waals surface area contributed by atoms with E-state index in [0.29, 0.717) is 5.41 Å². The van der Waals surface area contributed by atoms with Crippen molar-refractivity contribution in [2.75, 3.05) is 0 Å². The minimum Gasteiger partial charge on any atom is -0.157 e. The Morgan fingerprint density at radius 2 is 1.00 bits per heavy atom. The van der Waals surface area contributed by atoms with E-state index in [9.17, 15) is 0 Å². The summed E-state index contributed by atoms with van der Waals surface area (Å²) in [5.41, 5.74) is 4.10. The molecule has 0 aromatic carbocycles. The van der Waals surface area contributed by atoms with E-state index in [2.05, 4.69) is 62.3 Å². The van der Waals surface area contributed by atoms with Gasteiger partial charge in [0.2, 0.25) is 5.66 Å². The first kappa shape index (κ1) is 19.3. The van der Waals surface area contributed by atoms with E-state index < -0.39 is 0 Å². The maximum absolute atomic E-state index is 5.14. The van der Waals surface area contributed by atoms with Crippen LogP contribution in [-0.2, 0) is 0 Å². The number of hydrogen-bond donors (Lipinski definition) is 0. The lowest BCUT2D eigenvalue weighted by molar-refractivity contribution is -0.108. The Labute approximate surface area is 173 Å². The largest absolute Gasteiger partial charge is 0.209 e. The van der Waals surface area contributed by atoms with Gasteiger partial charge in [-0.3, -0.25) is 0 Å². The van der Waals surface area contributed by atoms with Crippen LogP contribution < -0.4 is 0 Å². The molecule has 0 aromatic heterocycles. The van der Waals surface area contributed by atoms with Crippen LogP contribution in [0.5, 0.6) is 0 Å². The molecular formula is C26H42N2. The first-order valence-electron chi connectivity index (χ1n) is 11.9. The third-order valence-electron chi connectivity index (χ3n) is 9.16. The second kappa shape index (κ2) is 4.97. The van der Waals surface area contributed by atoms with Crippen molar-refractivity contribution in [1.29, 1.82) is 0 Å². The highest BCUT2D eigenvalue weighted by atomic mass is 15.5. The summed E-state index contributed by atoms with van der Waals surface area (Å²) in [6.07, 6.45) is 8.63. The smallest absolute Gasteiger partial charge is 0.157 e. The number of rotatable bonds is 2. The van der Waals surface area contributed by atoms with Crippen LogP contribution in [0.4, 0.5) is 0 Å². The van der Waals surface area contributed by atoms with Gasteiger partial charge in [0.15, 0.2) is 0 Å². The van der Waals surface area contributed by atoms with Crippen LogP contribution in [-0.4, -0.2) is 5.66 Å². The van der Waals surface area contributed by atoms with Gasteiger partial charge < -0.3 is 0 Å². The molecule has 0 amide bonds. The molecule has 0 spiro atoms. The molecule has 5 aliphatic carbocycles. The molecule has 4 saturated carbocycles. The molecule has 0 N–H and O–H groups in total. The van der Waals surface area contributed by atoms with Crippen LogP contribution in [0, 0.1) is 44.8 Å². The molecule has 0 radical (unpaired) electrons. The van der Waals surface area contributed by atoms with Gasteiger partial charge in [-0.1, -0.05) is 62.3 Å². The molecule has 4 fully saturated rings. The van der Waals surface area contributed by atoms with E-state index in [1.54, 1.807) is 11.1 Å². The van der Waals surface area contributed by atoms with Gasteiger partial charge in [0.1, 0.15) is 0 Å². The van der Waals surface area contributed by atoms with E-state index in [-0.39, 0.29) is 27.3 Å². The third-order valence-corrected chi connectivity index (χ3v) is 9.16. The predicted molar refractivity (Wildman–Crippen MR) is 116 cm³/mol. The third kappa shape index (κ3) is 2.11. The minimum absolute atomic E-state index is 0.0438. The summed E-state index contributed by atoms with van der Waals surface area (Å²) >= 11 is 0. The van der Waals surface area contributed by atoms with Crippen molar-refractivity contribution in [2.24, 2.45) is 55.1 Å².